The molecule has 264 valence electrons. The minimum atomic E-state index is -1.01. The van der Waals surface area contributed by atoms with Crippen molar-refractivity contribution in [2.24, 2.45) is 16.8 Å². The number of aromatic nitrogens is 1. The molecule has 5 unspecified atom stereocenters. The van der Waals surface area contributed by atoms with Gasteiger partial charge in [0.2, 0.25) is 0 Å². The van der Waals surface area contributed by atoms with Crippen molar-refractivity contribution in [2.45, 2.75) is 43.6 Å². The number of carbonyl (C=O) groups is 1. The first kappa shape index (κ1) is 34.7. The molecule has 0 saturated carbocycles. The molecular weight excluding hydrogens is 652 g/mol. The highest BCUT2D eigenvalue weighted by atomic mass is 16.5. The number of aliphatic hydroxyl groups is 1. The van der Waals surface area contributed by atoms with Crippen LogP contribution in [0.5, 0.6) is 23.0 Å². The van der Waals surface area contributed by atoms with E-state index in [1.54, 1.807) is 56.5 Å². The Hall–Kier alpha value is -5.73. The summed E-state index contributed by atoms with van der Waals surface area (Å²) in [5, 5.41) is 35.7. The number of aliphatic imine (C=N–C) groups is 1. The van der Waals surface area contributed by atoms with Gasteiger partial charge in [-0.15, -0.1) is 4.99 Å². The van der Waals surface area contributed by atoms with Crippen molar-refractivity contribution in [3.8, 4) is 23.0 Å². The smallest absolute Gasteiger partial charge is 0.176 e. The molecule has 4 aromatic carbocycles. The number of methoxy groups -OCH3 is 2. The van der Waals surface area contributed by atoms with Gasteiger partial charge in [0.25, 0.3) is 0 Å². The predicted molar refractivity (Wildman–Crippen MR) is 202 cm³/mol. The number of phenolic OH excluding ortho intramolecular Hbond substituents is 2. The van der Waals surface area contributed by atoms with Gasteiger partial charge >= 0.3 is 0 Å². The minimum absolute atomic E-state index is 0.0306. The Morgan fingerprint density at radius 3 is 2.48 bits per heavy atom. The SMILES string of the molecule is COc1cc(CC(CC2=C[CH+]N=C2)C(=O)CC(O)C(Cc2cc[n-]c2)C2C=CC(c3cccc4ccccc34)c3c2ccc(O)c3OC)ccc1O. The lowest BCUT2D eigenvalue weighted by Gasteiger charge is -2.36. The molecule has 5 atom stereocenters. The summed E-state index contributed by atoms with van der Waals surface area (Å²) in [5.74, 6) is -0.617. The first-order valence-electron chi connectivity index (χ1n) is 17.6. The second-order valence-electron chi connectivity index (χ2n) is 13.6. The van der Waals surface area contributed by atoms with E-state index in [1.807, 2.05) is 36.4 Å². The van der Waals surface area contributed by atoms with Gasteiger partial charge in [-0.2, -0.15) is 12.4 Å². The highest BCUT2D eigenvalue weighted by Gasteiger charge is 2.38. The summed E-state index contributed by atoms with van der Waals surface area (Å²) >= 11 is 0. The quantitative estimate of drug-likeness (QED) is 0.0808. The summed E-state index contributed by atoms with van der Waals surface area (Å²) in [6.07, 6.45) is 11.8. The van der Waals surface area contributed by atoms with Crippen LogP contribution < -0.4 is 14.5 Å². The van der Waals surface area contributed by atoms with E-state index in [0.717, 1.165) is 44.2 Å². The molecule has 52 heavy (non-hydrogen) atoms. The molecule has 0 amide bonds. The predicted octanol–water partition coefficient (Wildman–Crippen LogP) is 7.61. The van der Waals surface area contributed by atoms with E-state index in [-0.39, 0.29) is 35.5 Å². The van der Waals surface area contributed by atoms with Crippen LogP contribution in [-0.2, 0) is 17.6 Å². The van der Waals surface area contributed by atoms with E-state index in [2.05, 4.69) is 46.4 Å². The van der Waals surface area contributed by atoms with E-state index in [9.17, 15) is 20.1 Å². The molecule has 2 aliphatic rings. The lowest BCUT2D eigenvalue weighted by atomic mass is 9.69. The molecule has 1 aromatic heterocycles. The van der Waals surface area contributed by atoms with E-state index < -0.39 is 17.9 Å². The Morgan fingerprint density at radius 1 is 0.885 bits per heavy atom. The Bertz CT molecular complexity index is 2140. The van der Waals surface area contributed by atoms with Crippen molar-refractivity contribution in [1.82, 2.24) is 4.98 Å². The number of phenols is 2. The molecule has 8 heteroatoms. The fourth-order valence-corrected chi connectivity index (χ4v) is 7.91. The van der Waals surface area contributed by atoms with Crippen LogP contribution in [0.1, 0.15) is 52.5 Å². The normalized spacial score (nSPS) is 17.9. The van der Waals surface area contributed by atoms with Gasteiger partial charge in [-0.1, -0.05) is 78.4 Å². The number of nitrogens with zero attached hydrogens (tertiary/aromatic N) is 2. The summed E-state index contributed by atoms with van der Waals surface area (Å²) in [6.45, 7) is 1.71. The maximum Gasteiger partial charge on any atom is 0.176 e. The van der Waals surface area contributed by atoms with E-state index >= 15 is 0 Å². The van der Waals surface area contributed by atoms with E-state index in [0.29, 0.717) is 30.8 Å². The zero-order valence-corrected chi connectivity index (χ0v) is 29.2. The van der Waals surface area contributed by atoms with Crippen LogP contribution in [-0.4, -0.2) is 47.6 Å². The average Bonchev–Trinajstić information content (AvgIpc) is 3.89. The zero-order chi connectivity index (χ0) is 36.2. The number of hydrogen-bond acceptors (Lipinski definition) is 7. The number of hydrogen-bond donors (Lipinski definition) is 3. The molecule has 0 bridgehead atoms. The lowest BCUT2D eigenvalue weighted by Crippen LogP contribution is -2.33. The number of carbonyl (C=O) groups excluding carboxylic acids is 1. The van der Waals surface area contributed by atoms with Crippen molar-refractivity contribution < 1.29 is 29.6 Å². The van der Waals surface area contributed by atoms with Crippen molar-refractivity contribution in [2.75, 3.05) is 14.2 Å². The van der Waals surface area contributed by atoms with Gasteiger partial charge < -0.3 is 29.8 Å². The number of ether oxygens (including phenoxy) is 2. The number of benzene rings is 4. The monoisotopic (exact) mass is 694 g/mol. The van der Waals surface area contributed by atoms with Crippen molar-refractivity contribution in [3.05, 3.63) is 149 Å². The standard InChI is InChI=1S/C44H42N2O6/c1-51-42-23-27(10-14-38(42)47)20-31(21-28-16-18-45-25-28)40(49)24-41(50)37(22-29-17-19-46-26-29)34-11-12-35(43-36(34)13-15-39(48)44(43)52-2)33-9-5-7-30-6-3-4-8-32(30)33/h3-19,23,25-26,31,34-35,37,41,47-48,50H,20-22,24H2,1-2H3. The fraction of sp³-hybridized carbons (Fsp3) is 0.250. The van der Waals surface area contributed by atoms with Crippen molar-refractivity contribution >= 4 is 22.8 Å². The van der Waals surface area contributed by atoms with Gasteiger partial charge in [-0.05, 0) is 64.4 Å². The van der Waals surface area contributed by atoms with Crippen molar-refractivity contribution in [1.29, 1.82) is 0 Å². The molecule has 5 aromatic rings. The Kier molecular flexibility index (Phi) is 10.2. The summed E-state index contributed by atoms with van der Waals surface area (Å²) in [6, 6.07) is 25.1. The molecule has 0 saturated heterocycles. The van der Waals surface area contributed by atoms with E-state index in [4.69, 9.17) is 9.47 Å². The molecule has 1 aliphatic heterocycles. The van der Waals surface area contributed by atoms with Crippen LogP contribution in [0.3, 0.4) is 0 Å². The Balaban J connectivity index is 1.24. The zero-order valence-electron chi connectivity index (χ0n) is 29.2. The number of rotatable bonds is 14. The molecule has 3 N–H and O–H groups in total. The minimum Gasteiger partial charge on any atom is -0.670 e. The van der Waals surface area contributed by atoms with E-state index in [1.165, 1.54) is 7.11 Å². The number of allylic oxidation sites excluding steroid dienone is 3. The van der Waals surface area contributed by atoms with Gasteiger partial charge in [0, 0.05) is 36.2 Å². The Morgan fingerprint density at radius 2 is 1.71 bits per heavy atom. The third kappa shape index (κ3) is 7.07. The van der Waals surface area contributed by atoms with Gasteiger partial charge in [0.05, 0.1) is 26.4 Å². The molecule has 7 rings (SSSR count). The molecule has 8 nitrogen and oxygen atoms in total. The molecule has 1 aliphatic carbocycles. The van der Waals surface area contributed by atoms with Gasteiger partial charge in [-0.3, -0.25) is 4.79 Å². The Labute approximate surface area is 303 Å². The lowest BCUT2D eigenvalue weighted by molar-refractivity contribution is -0.125. The highest BCUT2D eigenvalue weighted by molar-refractivity contribution is 5.88. The second kappa shape index (κ2) is 15.3. The fourth-order valence-electron chi connectivity index (χ4n) is 7.91. The summed E-state index contributed by atoms with van der Waals surface area (Å²) < 4.78 is 11.2. The molecule has 2 heterocycles. The maximum absolute atomic E-state index is 14.3. The second-order valence-corrected chi connectivity index (χ2v) is 13.6. The third-order valence-corrected chi connectivity index (χ3v) is 10.5. The average molecular weight is 695 g/mol. The summed E-state index contributed by atoms with van der Waals surface area (Å²) in [7, 11) is 3.06. The first-order chi connectivity index (χ1) is 25.3. The van der Waals surface area contributed by atoms with Crippen LogP contribution in [0.15, 0.2) is 120 Å². The van der Waals surface area contributed by atoms with Crippen LogP contribution in [0.4, 0.5) is 0 Å². The number of aliphatic hydroxyl groups excluding tert-OH is 1. The molecular formula is C44H42N2O6. The van der Waals surface area contributed by atoms with Crippen LogP contribution in [0.2, 0.25) is 0 Å². The van der Waals surface area contributed by atoms with Gasteiger partial charge in [0.15, 0.2) is 29.2 Å². The largest absolute Gasteiger partial charge is 0.670 e. The maximum atomic E-state index is 14.3. The number of aromatic hydroxyl groups is 2. The van der Waals surface area contributed by atoms with Gasteiger partial charge in [0.1, 0.15) is 17.9 Å². The third-order valence-electron chi connectivity index (χ3n) is 10.5. The van der Waals surface area contributed by atoms with Crippen molar-refractivity contribution in [3.63, 3.8) is 0 Å². The molecule has 0 fully saturated rings. The molecule has 0 radical (unpaired) electrons. The molecule has 0 spiro atoms. The first-order valence-corrected chi connectivity index (χ1v) is 17.6. The van der Waals surface area contributed by atoms with Crippen LogP contribution >= 0.6 is 0 Å². The highest BCUT2D eigenvalue weighted by Crippen LogP contribution is 2.50. The van der Waals surface area contributed by atoms with Gasteiger partial charge in [-0.25, -0.2) is 0 Å². The number of fused-ring (bicyclic) bond motifs is 2. The number of ketones is 1. The number of Topliss-reactive ketones (excluding diaryl/α,β-unsaturated/α-hetero) is 1. The summed E-state index contributed by atoms with van der Waals surface area (Å²) in [5.41, 5.74) is 5.61. The summed E-state index contributed by atoms with van der Waals surface area (Å²) in [4.78, 5) is 22.8. The van der Waals surface area contributed by atoms with Crippen LogP contribution in [0, 0.1) is 18.4 Å². The van der Waals surface area contributed by atoms with Crippen LogP contribution in [0.25, 0.3) is 10.8 Å². The topological polar surface area (TPSA) is 123 Å².